The van der Waals surface area contributed by atoms with E-state index in [9.17, 15) is 9.90 Å². The van der Waals surface area contributed by atoms with Gasteiger partial charge in [0.1, 0.15) is 5.75 Å². The van der Waals surface area contributed by atoms with Crippen molar-refractivity contribution >= 4 is 28.5 Å². The second kappa shape index (κ2) is 4.65. The third kappa shape index (κ3) is 2.47. The topological polar surface area (TPSA) is 49.3 Å². The molecule has 1 fully saturated rings. The van der Waals surface area contributed by atoms with Gasteiger partial charge in [0, 0.05) is 12.1 Å². The molecule has 19 heavy (non-hydrogen) atoms. The van der Waals surface area contributed by atoms with E-state index < -0.39 is 0 Å². The molecule has 4 heteroatoms. The summed E-state index contributed by atoms with van der Waals surface area (Å²) < 4.78 is 0.749. The van der Waals surface area contributed by atoms with Gasteiger partial charge >= 0.3 is 0 Å². The number of carbonyl (C=O) groups is 1. The minimum Gasteiger partial charge on any atom is -0.507 e. The monoisotopic (exact) mass is 373 g/mol. The fourth-order valence-electron chi connectivity index (χ4n) is 2.79. The maximum atomic E-state index is 12.0. The summed E-state index contributed by atoms with van der Waals surface area (Å²) in [6.07, 6.45) is 0. The highest BCUT2D eigenvalue weighted by Crippen LogP contribution is 2.67. The number of phenols is 1. The molecular weight excluding hydrogens is 353 g/mol. The lowest BCUT2D eigenvalue weighted by Crippen LogP contribution is -2.27. The molecular formula is C15H20INO2. The van der Waals surface area contributed by atoms with Crippen LogP contribution in [-0.2, 0) is 0 Å². The highest BCUT2D eigenvalue weighted by atomic mass is 127. The van der Waals surface area contributed by atoms with Gasteiger partial charge in [-0.05, 0) is 57.5 Å². The van der Waals surface area contributed by atoms with Gasteiger partial charge in [-0.2, -0.15) is 0 Å². The SMILES string of the molecule is CC1(C)C(CNC(=O)c2ccc(I)c(O)c2)C1(C)C. The number of phenolic OH excluding ortho intramolecular Hbond substituents is 1. The van der Waals surface area contributed by atoms with Gasteiger partial charge < -0.3 is 10.4 Å². The molecule has 0 aliphatic heterocycles. The lowest BCUT2D eigenvalue weighted by Gasteiger charge is -2.07. The van der Waals surface area contributed by atoms with Crippen LogP contribution >= 0.6 is 22.6 Å². The van der Waals surface area contributed by atoms with Gasteiger partial charge in [-0.1, -0.05) is 27.7 Å². The summed E-state index contributed by atoms with van der Waals surface area (Å²) in [5, 5.41) is 12.6. The van der Waals surface area contributed by atoms with Crippen molar-refractivity contribution in [3.63, 3.8) is 0 Å². The number of hydrogen-bond acceptors (Lipinski definition) is 2. The molecule has 0 atom stereocenters. The largest absolute Gasteiger partial charge is 0.507 e. The van der Waals surface area contributed by atoms with Crippen molar-refractivity contribution in [2.75, 3.05) is 6.54 Å². The lowest BCUT2D eigenvalue weighted by atomic mass is 10.0. The second-order valence-electron chi connectivity index (χ2n) is 6.37. The fourth-order valence-corrected chi connectivity index (χ4v) is 3.13. The van der Waals surface area contributed by atoms with Crippen LogP contribution in [0.25, 0.3) is 0 Å². The quantitative estimate of drug-likeness (QED) is 0.798. The average Bonchev–Trinajstić information content (AvgIpc) is 2.70. The fraction of sp³-hybridized carbons (Fsp3) is 0.533. The van der Waals surface area contributed by atoms with Crippen LogP contribution in [0.15, 0.2) is 18.2 Å². The Kier molecular flexibility index (Phi) is 3.58. The second-order valence-corrected chi connectivity index (χ2v) is 7.53. The summed E-state index contributed by atoms with van der Waals surface area (Å²) in [7, 11) is 0. The molecule has 0 unspecified atom stereocenters. The zero-order chi connectivity index (χ0) is 14.4. The standard InChI is InChI=1S/C15H20INO2/c1-14(2)12(15(14,3)4)8-17-13(19)9-5-6-10(16)11(18)7-9/h5-7,12,18H,8H2,1-4H3,(H,17,19). The average molecular weight is 373 g/mol. The Morgan fingerprint density at radius 1 is 1.32 bits per heavy atom. The Labute approximate surface area is 127 Å². The third-order valence-electron chi connectivity index (χ3n) is 4.99. The predicted octanol–water partition coefficient (Wildman–Crippen LogP) is 3.41. The van der Waals surface area contributed by atoms with Gasteiger partial charge in [-0.3, -0.25) is 4.79 Å². The summed E-state index contributed by atoms with van der Waals surface area (Å²) >= 11 is 2.03. The molecule has 2 N–H and O–H groups in total. The van der Waals surface area contributed by atoms with Crippen LogP contribution in [0.3, 0.4) is 0 Å². The first kappa shape index (κ1) is 14.6. The molecule has 0 heterocycles. The van der Waals surface area contributed by atoms with Crippen LogP contribution < -0.4 is 5.32 Å². The molecule has 104 valence electrons. The van der Waals surface area contributed by atoms with E-state index in [1.807, 2.05) is 22.6 Å². The maximum absolute atomic E-state index is 12.0. The van der Waals surface area contributed by atoms with Crippen molar-refractivity contribution in [1.29, 1.82) is 0 Å². The maximum Gasteiger partial charge on any atom is 0.251 e. The highest BCUT2D eigenvalue weighted by molar-refractivity contribution is 14.1. The molecule has 1 aliphatic carbocycles. The van der Waals surface area contributed by atoms with Gasteiger partial charge in [0.05, 0.1) is 3.57 Å². The molecule has 2 rings (SSSR count). The predicted molar refractivity (Wildman–Crippen MR) is 84.2 cm³/mol. The number of benzene rings is 1. The van der Waals surface area contributed by atoms with E-state index in [-0.39, 0.29) is 22.5 Å². The van der Waals surface area contributed by atoms with Gasteiger partial charge in [-0.15, -0.1) is 0 Å². The minimum atomic E-state index is -0.120. The van der Waals surface area contributed by atoms with E-state index in [1.54, 1.807) is 12.1 Å². The first-order valence-electron chi connectivity index (χ1n) is 6.44. The van der Waals surface area contributed by atoms with Crippen LogP contribution in [0, 0.1) is 20.3 Å². The summed E-state index contributed by atoms with van der Waals surface area (Å²) in [6, 6.07) is 5.00. The lowest BCUT2D eigenvalue weighted by molar-refractivity contribution is 0.0949. The van der Waals surface area contributed by atoms with Crippen molar-refractivity contribution < 1.29 is 9.90 Å². The van der Waals surface area contributed by atoms with Crippen molar-refractivity contribution in [2.24, 2.45) is 16.7 Å². The van der Waals surface area contributed by atoms with E-state index in [4.69, 9.17) is 0 Å². The van der Waals surface area contributed by atoms with Crippen molar-refractivity contribution in [2.45, 2.75) is 27.7 Å². The van der Waals surface area contributed by atoms with E-state index in [1.165, 1.54) is 6.07 Å². The van der Waals surface area contributed by atoms with Gasteiger partial charge in [0.2, 0.25) is 0 Å². The number of amides is 1. The van der Waals surface area contributed by atoms with E-state index in [0.717, 1.165) is 3.57 Å². The zero-order valence-corrected chi connectivity index (χ0v) is 13.9. The van der Waals surface area contributed by atoms with Crippen molar-refractivity contribution in [3.8, 4) is 5.75 Å². The zero-order valence-electron chi connectivity index (χ0n) is 11.7. The molecule has 1 saturated carbocycles. The van der Waals surface area contributed by atoms with E-state index in [0.29, 0.717) is 18.0 Å². The molecule has 0 saturated heterocycles. The molecule has 1 aromatic carbocycles. The summed E-state index contributed by atoms with van der Waals surface area (Å²) in [4.78, 5) is 12.0. The van der Waals surface area contributed by atoms with Crippen LogP contribution in [0.5, 0.6) is 5.75 Å². The minimum absolute atomic E-state index is 0.120. The van der Waals surface area contributed by atoms with Gasteiger partial charge in [0.15, 0.2) is 0 Å². The summed E-state index contributed by atoms with van der Waals surface area (Å²) in [6.45, 7) is 9.63. The number of nitrogens with one attached hydrogen (secondary N) is 1. The number of hydrogen-bond donors (Lipinski definition) is 2. The smallest absolute Gasteiger partial charge is 0.251 e. The Balaban J connectivity index is 1.98. The molecule has 0 bridgehead atoms. The normalized spacial score (nSPS) is 20.1. The molecule has 0 spiro atoms. The van der Waals surface area contributed by atoms with Crippen LogP contribution in [-0.4, -0.2) is 17.6 Å². The molecule has 0 aromatic heterocycles. The summed E-state index contributed by atoms with van der Waals surface area (Å²) in [5.74, 6) is 0.534. The summed E-state index contributed by atoms with van der Waals surface area (Å²) in [5.41, 5.74) is 1.05. The molecule has 1 aliphatic rings. The number of halogens is 1. The first-order chi connectivity index (χ1) is 8.68. The van der Waals surface area contributed by atoms with Crippen LogP contribution in [0.4, 0.5) is 0 Å². The molecule has 1 amide bonds. The number of rotatable bonds is 3. The molecule has 3 nitrogen and oxygen atoms in total. The van der Waals surface area contributed by atoms with Crippen LogP contribution in [0.2, 0.25) is 0 Å². The Morgan fingerprint density at radius 2 is 1.89 bits per heavy atom. The van der Waals surface area contributed by atoms with Crippen molar-refractivity contribution in [1.82, 2.24) is 5.32 Å². The third-order valence-corrected chi connectivity index (χ3v) is 5.91. The van der Waals surface area contributed by atoms with E-state index in [2.05, 4.69) is 33.0 Å². The van der Waals surface area contributed by atoms with Gasteiger partial charge in [-0.25, -0.2) is 0 Å². The number of aromatic hydroxyl groups is 1. The Morgan fingerprint density at radius 3 is 2.37 bits per heavy atom. The molecule has 0 radical (unpaired) electrons. The molecule has 1 aromatic rings. The Bertz CT molecular complexity index is 509. The number of carbonyl (C=O) groups excluding carboxylic acids is 1. The highest BCUT2D eigenvalue weighted by Gasteiger charge is 2.64. The van der Waals surface area contributed by atoms with Crippen LogP contribution in [0.1, 0.15) is 38.1 Å². The van der Waals surface area contributed by atoms with E-state index >= 15 is 0 Å². The van der Waals surface area contributed by atoms with Gasteiger partial charge in [0.25, 0.3) is 5.91 Å². The Hall–Kier alpha value is -0.780. The van der Waals surface area contributed by atoms with Crippen molar-refractivity contribution in [3.05, 3.63) is 27.3 Å². The first-order valence-corrected chi connectivity index (χ1v) is 7.52.